The molecule has 0 bridgehead atoms. The van der Waals surface area contributed by atoms with Gasteiger partial charge < -0.3 is 10.2 Å². The van der Waals surface area contributed by atoms with Gasteiger partial charge in [-0.25, -0.2) is 9.78 Å². The molecule has 0 unspecified atom stereocenters. The molecule has 3 rings (SSSR count). The van der Waals surface area contributed by atoms with Crippen molar-refractivity contribution in [2.75, 3.05) is 25.5 Å². The van der Waals surface area contributed by atoms with Gasteiger partial charge in [-0.2, -0.15) is 0 Å². The lowest BCUT2D eigenvalue weighted by Crippen LogP contribution is -2.44. The fraction of sp³-hybridized carbons (Fsp3) is 0.400. The summed E-state index contributed by atoms with van der Waals surface area (Å²) < 4.78 is 1.05. The Kier molecular flexibility index (Phi) is 4.24. The lowest BCUT2D eigenvalue weighted by atomic mass is 9.96. The smallest absolute Gasteiger partial charge is 0.323 e. The Bertz CT molecular complexity index is 659. The number of piperidine rings is 1. The predicted molar refractivity (Wildman–Crippen MR) is 87.0 cm³/mol. The SMILES string of the molecule is CNC(=O)C1CCN(C(=O)Nc2nc3ccccc3s2)CC1. The van der Waals surface area contributed by atoms with E-state index in [0.29, 0.717) is 31.1 Å². The molecule has 6 nitrogen and oxygen atoms in total. The highest BCUT2D eigenvalue weighted by Gasteiger charge is 2.27. The van der Waals surface area contributed by atoms with Crippen molar-refractivity contribution in [3.63, 3.8) is 0 Å². The monoisotopic (exact) mass is 318 g/mol. The van der Waals surface area contributed by atoms with Crippen molar-refractivity contribution in [2.45, 2.75) is 12.8 Å². The topological polar surface area (TPSA) is 74.3 Å². The average molecular weight is 318 g/mol. The Balaban J connectivity index is 1.59. The number of rotatable bonds is 2. The van der Waals surface area contributed by atoms with Gasteiger partial charge in [0.05, 0.1) is 10.2 Å². The highest BCUT2D eigenvalue weighted by Crippen LogP contribution is 2.26. The third-order valence-corrected chi connectivity index (χ3v) is 4.86. The molecule has 1 aliphatic rings. The highest BCUT2D eigenvalue weighted by molar-refractivity contribution is 7.22. The van der Waals surface area contributed by atoms with Gasteiger partial charge in [-0.1, -0.05) is 23.5 Å². The van der Waals surface area contributed by atoms with E-state index in [2.05, 4.69) is 15.6 Å². The van der Waals surface area contributed by atoms with Crippen LogP contribution in [0.4, 0.5) is 9.93 Å². The summed E-state index contributed by atoms with van der Waals surface area (Å²) in [6, 6.07) is 7.65. The minimum Gasteiger partial charge on any atom is -0.359 e. The first kappa shape index (κ1) is 14.8. The van der Waals surface area contributed by atoms with E-state index in [9.17, 15) is 9.59 Å². The number of fused-ring (bicyclic) bond motifs is 1. The lowest BCUT2D eigenvalue weighted by molar-refractivity contribution is -0.125. The molecule has 1 aliphatic heterocycles. The molecule has 1 aromatic carbocycles. The van der Waals surface area contributed by atoms with Crippen LogP contribution in [0.3, 0.4) is 0 Å². The van der Waals surface area contributed by atoms with Crippen molar-refractivity contribution in [1.82, 2.24) is 15.2 Å². The molecule has 2 aromatic rings. The van der Waals surface area contributed by atoms with Crippen LogP contribution >= 0.6 is 11.3 Å². The number of nitrogens with zero attached hydrogens (tertiary/aromatic N) is 2. The molecule has 0 aliphatic carbocycles. The first-order chi connectivity index (χ1) is 10.7. The number of hydrogen-bond acceptors (Lipinski definition) is 4. The molecule has 7 heteroatoms. The van der Waals surface area contributed by atoms with Crippen LogP contribution in [-0.4, -0.2) is 42.0 Å². The van der Waals surface area contributed by atoms with Gasteiger partial charge in [-0.3, -0.25) is 10.1 Å². The second-order valence-electron chi connectivity index (χ2n) is 5.29. The summed E-state index contributed by atoms with van der Waals surface area (Å²) in [5.41, 5.74) is 0.890. The van der Waals surface area contributed by atoms with Crippen LogP contribution in [-0.2, 0) is 4.79 Å². The van der Waals surface area contributed by atoms with E-state index in [1.807, 2.05) is 24.3 Å². The summed E-state index contributed by atoms with van der Waals surface area (Å²) in [5, 5.41) is 6.13. The third kappa shape index (κ3) is 3.04. The molecule has 0 radical (unpaired) electrons. The second kappa shape index (κ2) is 6.31. The zero-order chi connectivity index (χ0) is 15.5. The van der Waals surface area contributed by atoms with Crippen molar-refractivity contribution < 1.29 is 9.59 Å². The summed E-state index contributed by atoms with van der Waals surface area (Å²) >= 11 is 1.46. The maximum atomic E-state index is 12.3. The molecular formula is C15H18N4O2S. The molecule has 0 saturated carbocycles. The Hall–Kier alpha value is -2.15. The molecule has 1 aromatic heterocycles. The van der Waals surface area contributed by atoms with Crippen LogP contribution in [0.1, 0.15) is 12.8 Å². The first-order valence-corrected chi connectivity index (χ1v) is 8.12. The molecule has 0 spiro atoms. The van der Waals surface area contributed by atoms with Crippen molar-refractivity contribution in [2.24, 2.45) is 5.92 Å². The fourth-order valence-electron chi connectivity index (χ4n) is 2.65. The second-order valence-corrected chi connectivity index (χ2v) is 6.32. The van der Waals surface area contributed by atoms with E-state index < -0.39 is 0 Å². The van der Waals surface area contributed by atoms with Gasteiger partial charge in [-0.15, -0.1) is 0 Å². The Labute approximate surface area is 132 Å². The molecule has 1 saturated heterocycles. The number of thiazole rings is 1. The predicted octanol–water partition coefficient (Wildman–Crippen LogP) is 2.29. The molecule has 116 valence electrons. The van der Waals surface area contributed by atoms with Gasteiger partial charge in [0, 0.05) is 26.1 Å². The minimum atomic E-state index is -0.144. The first-order valence-electron chi connectivity index (χ1n) is 7.30. The van der Waals surface area contributed by atoms with Crippen molar-refractivity contribution in [3.05, 3.63) is 24.3 Å². The van der Waals surface area contributed by atoms with E-state index in [1.165, 1.54) is 11.3 Å². The molecule has 3 amide bonds. The number of amides is 3. The third-order valence-electron chi connectivity index (χ3n) is 3.91. The Morgan fingerprint density at radius 3 is 2.68 bits per heavy atom. The Morgan fingerprint density at radius 2 is 2.00 bits per heavy atom. The van der Waals surface area contributed by atoms with Gasteiger partial charge >= 0.3 is 6.03 Å². The van der Waals surface area contributed by atoms with Crippen LogP contribution < -0.4 is 10.6 Å². The molecule has 2 N–H and O–H groups in total. The summed E-state index contributed by atoms with van der Waals surface area (Å²) in [7, 11) is 1.65. The molecule has 1 fully saturated rings. The van der Waals surface area contributed by atoms with Crippen molar-refractivity contribution >= 4 is 38.6 Å². The number of benzene rings is 1. The number of likely N-dealkylation sites (tertiary alicyclic amines) is 1. The van der Waals surface area contributed by atoms with E-state index >= 15 is 0 Å². The number of nitrogens with one attached hydrogen (secondary N) is 2. The number of urea groups is 1. The van der Waals surface area contributed by atoms with Gasteiger partial charge in [0.1, 0.15) is 0 Å². The van der Waals surface area contributed by atoms with Crippen LogP contribution in [0.15, 0.2) is 24.3 Å². The molecular weight excluding hydrogens is 300 g/mol. The summed E-state index contributed by atoms with van der Waals surface area (Å²) in [4.78, 5) is 30.0. The van der Waals surface area contributed by atoms with E-state index in [-0.39, 0.29) is 17.9 Å². The normalized spacial score (nSPS) is 15.8. The van der Waals surface area contributed by atoms with Crippen molar-refractivity contribution in [3.8, 4) is 0 Å². The number of para-hydroxylation sites is 1. The fourth-order valence-corrected chi connectivity index (χ4v) is 3.50. The number of hydrogen-bond donors (Lipinski definition) is 2. The molecule has 0 atom stereocenters. The van der Waals surface area contributed by atoms with E-state index in [0.717, 1.165) is 10.2 Å². The quantitative estimate of drug-likeness (QED) is 0.892. The number of anilines is 1. The zero-order valence-corrected chi connectivity index (χ0v) is 13.2. The molecule has 22 heavy (non-hydrogen) atoms. The van der Waals surface area contributed by atoms with Crippen LogP contribution in [0, 0.1) is 5.92 Å². The standard InChI is InChI=1S/C15H18N4O2S/c1-16-13(20)10-6-8-19(9-7-10)15(21)18-14-17-11-4-2-3-5-12(11)22-14/h2-5,10H,6-9H2,1H3,(H,16,20)(H,17,18,21). The van der Waals surface area contributed by atoms with Crippen LogP contribution in [0.2, 0.25) is 0 Å². The van der Waals surface area contributed by atoms with Gasteiger partial charge in [0.15, 0.2) is 5.13 Å². The lowest BCUT2D eigenvalue weighted by Gasteiger charge is -2.30. The zero-order valence-electron chi connectivity index (χ0n) is 12.3. The number of carbonyl (C=O) groups is 2. The van der Waals surface area contributed by atoms with Gasteiger partial charge in [0.25, 0.3) is 0 Å². The largest absolute Gasteiger partial charge is 0.359 e. The van der Waals surface area contributed by atoms with Crippen LogP contribution in [0.25, 0.3) is 10.2 Å². The maximum absolute atomic E-state index is 12.3. The average Bonchev–Trinajstić information content (AvgIpc) is 2.96. The Morgan fingerprint density at radius 1 is 1.27 bits per heavy atom. The number of carbonyl (C=O) groups excluding carboxylic acids is 2. The summed E-state index contributed by atoms with van der Waals surface area (Å²) in [6.45, 7) is 1.18. The van der Waals surface area contributed by atoms with E-state index in [4.69, 9.17) is 0 Å². The number of aromatic nitrogens is 1. The van der Waals surface area contributed by atoms with Gasteiger partial charge in [-0.05, 0) is 25.0 Å². The van der Waals surface area contributed by atoms with Crippen LogP contribution in [0.5, 0.6) is 0 Å². The highest BCUT2D eigenvalue weighted by atomic mass is 32.1. The summed E-state index contributed by atoms with van der Waals surface area (Å²) in [6.07, 6.45) is 1.40. The van der Waals surface area contributed by atoms with E-state index in [1.54, 1.807) is 11.9 Å². The minimum absolute atomic E-state index is 0.0106. The van der Waals surface area contributed by atoms with Gasteiger partial charge in [0.2, 0.25) is 5.91 Å². The van der Waals surface area contributed by atoms with Crippen molar-refractivity contribution in [1.29, 1.82) is 0 Å². The maximum Gasteiger partial charge on any atom is 0.323 e. The molecule has 2 heterocycles. The summed E-state index contributed by atoms with van der Waals surface area (Å²) in [5.74, 6) is 0.0720.